The zero-order chi connectivity index (χ0) is 18.5. The van der Waals surface area contributed by atoms with E-state index in [0.29, 0.717) is 29.5 Å². The molecule has 0 aliphatic carbocycles. The molecule has 2 aromatic rings. The summed E-state index contributed by atoms with van der Waals surface area (Å²) in [6, 6.07) is 3.79. The number of ether oxygens (including phenoxy) is 3. The first-order chi connectivity index (χ1) is 12.7. The van der Waals surface area contributed by atoms with Crippen LogP contribution < -0.4 is 14.2 Å². The zero-order valence-corrected chi connectivity index (χ0v) is 16.0. The van der Waals surface area contributed by atoms with Gasteiger partial charge in [0, 0.05) is 31.0 Å². The third-order valence-electron chi connectivity index (χ3n) is 4.34. The van der Waals surface area contributed by atoms with E-state index >= 15 is 0 Å². The molecule has 7 nitrogen and oxygen atoms in total. The summed E-state index contributed by atoms with van der Waals surface area (Å²) >= 11 is 1.60. The van der Waals surface area contributed by atoms with Crippen molar-refractivity contribution < 1.29 is 19.0 Å². The predicted octanol–water partition coefficient (Wildman–Crippen LogP) is 2.57. The highest BCUT2D eigenvalue weighted by molar-refractivity contribution is 8.00. The molecule has 8 heteroatoms. The first-order valence-corrected chi connectivity index (χ1v) is 9.40. The Morgan fingerprint density at radius 3 is 2.62 bits per heavy atom. The SMILES string of the molecule is COc1ccc(C2SCC(=O)N2CCCn2ccnc2)c(OC)c1OC. The maximum atomic E-state index is 12.4. The van der Waals surface area contributed by atoms with E-state index in [-0.39, 0.29) is 11.3 Å². The molecule has 1 fully saturated rings. The maximum absolute atomic E-state index is 12.4. The van der Waals surface area contributed by atoms with Crippen LogP contribution in [0.1, 0.15) is 17.4 Å². The highest BCUT2D eigenvalue weighted by atomic mass is 32.2. The summed E-state index contributed by atoms with van der Waals surface area (Å²) in [5.41, 5.74) is 0.920. The Labute approximate surface area is 157 Å². The Morgan fingerprint density at radius 2 is 1.96 bits per heavy atom. The standard InChI is InChI=1S/C18H23N3O4S/c1-23-14-6-5-13(16(24-2)17(14)25-3)18-21(15(22)11-26-18)9-4-8-20-10-7-19-12-20/h5-7,10,12,18H,4,8-9,11H2,1-3H3. The molecule has 1 saturated heterocycles. The lowest BCUT2D eigenvalue weighted by Crippen LogP contribution is -2.30. The molecule has 0 bridgehead atoms. The Morgan fingerprint density at radius 1 is 1.15 bits per heavy atom. The van der Waals surface area contributed by atoms with Crippen molar-refractivity contribution in [2.24, 2.45) is 0 Å². The number of nitrogens with zero attached hydrogens (tertiary/aromatic N) is 3. The van der Waals surface area contributed by atoms with E-state index in [1.807, 2.05) is 27.8 Å². The fraction of sp³-hybridized carbons (Fsp3) is 0.444. The lowest BCUT2D eigenvalue weighted by Gasteiger charge is -2.26. The number of hydrogen-bond donors (Lipinski definition) is 0. The predicted molar refractivity (Wildman–Crippen MR) is 99.9 cm³/mol. The van der Waals surface area contributed by atoms with Crippen molar-refractivity contribution >= 4 is 17.7 Å². The molecule has 1 amide bonds. The number of benzene rings is 1. The average molecular weight is 377 g/mol. The van der Waals surface area contributed by atoms with Crippen LogP contribution in [0.2, 0.25) is 0 Å². The number of carbonyl (C=O) groups is 1. The number of amides is 1. The average Bonchev–Trinajstić information content (AvgIpc) is 3.30. The lowest BCUT2D eigenvalue weighted by molar-refractivity contribution is -0.128. The van der Waals surface area contributed by atoms with Gasteiger partial charge in [-0.3, -0.25) is 4.79 Å². The molecule has 0 spiro atoms. The van der Waals surface area contributed by atoms with Crippen LogP contribution in [0.3, 0.4) is 0 Å². The van der Waals surface area contributed by atoms with Gasteiger partial charge >= 0.3 is 0 Å². The molecule has 1 aromatic heterocycles. The van der Waals surface area contributed by atoms with Crippen LogP contribution in [0.15, 0.2) is 30.9 Å². The largest absolute Gasteiger partial charge is 0.493 e. The van der Waals surface area contributed by atoms with Crippen LogP contribution in [0.4, 0.5) is 0 Å². The molecule has 0 radical (unpaired) electrons. The quantitative estimate of drug-likeness (QED) is 0.704. The van der Waals surface area contributed by atoms with Crippen molar-refractivity contribution in [1.82, 2.24) is 14.5 Å². The van der Waals surface area contributed by atoms with Crippen LogP contribution >= 0.6 is 11.8 Å². The van der Waals surface area contributed by atoms with Crippen molar-refractivity contribution in [3.63, 3.8) is 0 Å². The molecule has 1 aliphatic rings. The summed E-state index contributed by atoms with van der Waals surface area (Å²) in [6.07, 6.45) is 6.33. The number of thioether (sulfide) groups is 1. The zero-order valence-electron chi connectivity index (χ0n) is 15.2. The third-order valence-corrected chi connectivity index (χ3v) is 5.58. The highest BCUT2D eigenvalue weighted by Crippen LogP contribution is 2.48. The van der Waals surface area contributed by atoms with Crippen molar-refractivity contribution in [2.45, 2.75) is 18.3 Å². The van der Waals surface area contributed by atoms with E-state index < -0.39 is 0 Å². The van der Waals surface area contributed by atoms with Gasteiger partial charge < -0.3 is 23.7 Å². The van der Waals surface area contributed by atoms with Crippen molar-refractivity contribution in [3.05, 3.63) is 36.4 Å². The summed E-state index contributed by atoms with van der Waals surface area (Å²) in [7, 11) is 4.78. The summed E-state index contributed by atoms with van der Waals surface area (Å²) in [4.78, 5) is 18.4. The van der Waals surface area contributed by atoms with E-state index in [2.05, 4.69) is 4.98 Å². The number of methoxy groups -OCH3 is 3. The van der Waals surface area contributed by atoms with Gasteiger partial charge in [-0.2, -0.15) is 0 Å². The van der Waals surface area contributed by atoms with E-state index in [9.17, 15) is 4.79 Å². The van der Waals surface area contributed by atoms with Gasteiger partial charge in [0.2, 0.25) is 11.7 Å². The maximum Gasteiger partial charge on any atom is 0.233 e. The summed E-state index contributed by atoms with van der Waals surface area (Å²) in [5.74, 6) is 2.37. The first kappa shape index (κ1) is 18.4. The highest BCUT2D eigenvalue weighted by Gasteiger charge is 2.35. The smallest absolute Gasteiger partial charge is 0.233 e. The molecule has 1 unspecified atom stereocenters. The van der Waals surface area contributed by atoms with Crippen molar-refractivity contribution in [1.29, 1.82) is 0 Å². The van der Waals surface area contributed by atoms with Crippen LogP contribution in [0, 0.1) is 0 Å². The second-order valence-corrected chi connectivity index (χ2v) is 6.90. The van der Waals surface area contributed by atoms with Crippen molar-refractivity contribution in [3.8, 4) is 17.2 Å². The molecule has 1 aliphatic heterocycles. The fourth-order valence-corrected chi connectivity index (χ4v) is 4.35. The lowest BCUT2D eigenvalue weighted by atomic mass is 10.1. The van der Waals surface area contributed by atoms with Gasteiger partial charge in [0.15, 0.2) is 11.5 Å². The number of aryl methyl sites for hydroxylation is 1. The number of hydrogen-bond acceptors (Lipinski definition) is 6. The van der Waals surface area contributed by atoms with Gasteiger partial charge in [-0.05, 0) is 18.6 Å². The van der Waals surface area contributed by atoms with Gasteiger partial charge in [-0.1, -0.05) is 0 Å². The fourth-order valence-electron chi connectivity index (χ4n) is 3.12. The minimum absolute atomic E-state index is 0.0972. The van der Waals surface area contributed by atoms with Gasteiger partial charge in [0.1, 0.15) is 5.37 Å². The molecule has 2 heterocycles. The molecule has 140 valence electrons. The molecule has 1 aromatic carbocycles. The summed E-state index contributed by atoms with van der Waals surface area (Å²) in [6.45, 7) is 1.50. The number of carbonyl (C=O) groups excluding carboxylic acids is 1. The van der Waals surface area contributed by atoms with Gasteiger partial charge in [-0.25, -0.2) is 4.98 Å². The van der Waals surface area contributed by atoms with E-state index in [4.69, 9.17) is 14.2 Å². The van der Waals surface area contributed by atoms with Gasteiger partial charge in [0.25, 0.3) is 0 Å². The topological polar surface area (TPSA) is 65.8 Å². The molecular weight excluding hydrogens is 354 g/mol. The minimum Gasteiger partial charge on any atom is -0.493 e. The van der Waals surface area contributed by atoms with Crippen LogP contribution in [0.5, 0.6) is 17.2 Å². The van der Waals surface area contributed by atoms with E-state index in [1.54, 1.807) is 45.6 Å². The third kappa shape index (κ3) is 3.60. The number of imidazole rings is 1. The monoisotopic (exact) mass is 377 g/mol. The number of rotatable bonds is 8. The van der Waals surface area contributed by atoms with Gasteiger partial charge in [0.05, 0.1) is 33.4 Å². The Bertz CT molecular complexity index is 751. The molecule has 0 saturated carbocycles. The van der Waals surface area contributed by atoms with Crippen molar-refractivity contribution in [2.75, 3.05) is 33.6 Å². The minimum atomic E-state index is -0.0972. The Hall–Kier alpha value is -2.35. The molecule has 0 N–H and O–H groups in total. The van der Waals surface area contributed by atoms with E-state index in [0.717, 1.165) is 18.5 Å². The summed E-state index contributed by atoms with van der Waals surface area (Å²) < 4.78 is 18.4. The molecule has 26 heavy (non-hydrogen) atoms. The van der Waals surface area contributed by atoms with Crippen LogP contribution in [0.25, 0.3) is 0 Å². The Balaban J connectivity index is 1.81. The summed E-state index contributed by atoms with van der Waals surface area (Å²) in [5, 5.41) is -0.0972. The number of aromatic nitrogens is 2. The normalized spacial score (nSPS) is 16.8. The van der Waals surface area contributed by atoms with E-state index in [1.165, 1.54) is 0 Å². The molecule has 3 rings (SSSR count). The molecular formula is C18H23N3O4S. The van der Waals surface area contributed by atoms with Gasteiger partial charge in [-0.15, -0.1) is 11.8 Å². The first-order valence-electron chi connectivity index (χ1n) is 8.35. The molecule has 1 atom stereocenters. The Kier molecular flexibility index (Phi) is 5.92. The second-order valence-electron chi connectivity index (χ2n) is 5.83. The second kappa shape index (κ2) is 8.35. The van der Waals surface area contributed by atoms with Crippen LogP contribution in [-0.2, 0) is 11.3 Å². The van der Waals surface area contributed by atoms with Crippen LogP contribution in [-0.4, -0.2) is 54.0 Å².